The Morgan fingerprint density at radius 3 is 2.45 bits per heavy atom. The summed E-state index contributed by atoms with van der Waals surface area (Å²) in [6, 6.07) is 1.77. The molecular weight excluding hydrogens is 307 g/mol. The average molecular weight is 327 g/mol. The lowest BCUT2D eigenvalue weighted by Gasteiger charge is -2.32. The van der Waals surface area contributed by atoms with Crippen LogP contribution in [0, 0.1) is 0 Å². The molecule has 0 aromatic carbocycles. The van der Waals surface area contributed by atoms with Crippen LogP contribution in [0.3, 0.4) is 0 Å². The van der Waals surface area contributed by atoms with E-state index in [1.165, 1.54) is 7.11 Å². The van der Waals surface area contributed by atoms with Crippen molar-refractivity contribution in [3.8, 4) is 5.88 Å². The van der Waals surface area contributed by atoms with Gasteiger partial charge in [-0.3, -0.25) is 4.21 Å². The van der Waals surface area contributed by atoms with Crippen molar-refractivity contribution in [3.63, 3.8) is 0 Å². The topological polar surface area (TPSA) is 92.7 Å². The van der Waals surface area contributed by atoms with Crippen LogP contribution in [0.5, 0.6) is 5.88 Å². The SMILES string of the molecule is COc1ncc(B2OC(C)(C)C(C)(C)O2)cc1CNS(=O)[O-]. The van der Waals surface area contributed by atoms with Gasteiger partial charge in [-0.15, -0.1) is 0 Å². The Labute approximate surface area is 133 Å². The van der Waals surface area contributed by atoms with E-state index in [1.54, 1.807) is 12.3 Å². The van der Waals surface area contributed by atoms with Gasteiger partial charge >= 0.3 is 7.12 Å². The molecule has 0 aliphatic carbocycles. The third-order valence-electron chi connectivity index (χ3n) is 4.05. The lowest BCUT2D eigenvalue weighted by Crippen LogP contribution is -2.41. The molecule has 0 amide bonds. The predicted octanol–water partition coefficient (Wildman–Crippen LogP) is 0.273. The van der Waals surface area contributed by atoms with E-state index in [4.69, 9.17) is 14.0 Å². The number of pyridine rings is 1. The van der Waals surface area contributed by atoms with Gasteiger partial charge in [0, 0.05) is 35.0 Å². The molecule has 9 heteroatoms. The summed E-state index contributed by atoms with van der Waals surface area (Å²) in [5.41, 5.74) is 0.422. The summed E-state index contributed by atoms with van der Waals surface area (Å²) in [5, 5.41) is 0. The van der Waals surface area contributed by atoms with Crippen molar-refractivity contribution in [2.75, 3.05) is 7.11 Å². The Morgan fingerprint density at radius 2 is 1.95 bits per heavy atom. The molecule has 0 radical (unpaired) electrons. The molecule has 1 aromatic rings. The van der Waals surface area contributed by atoms with Crippen molar-refractivity contribution in [1.82, 2.24) is 9.71 Å². The van der Waals surface area contributed by atoms with Crippen LogP contribution in [0.1, 0.15) is 33.3 Å². The van der Waals surface area contributed by atoms with Crippen molar-refractivity contribution in [3.05, 3.63) is 17.8 Å². The van der Waals surface area contributed by atoms with Crippen LogP contribution in [0.2, 0.25) is 0 Å². The zero-order valence-electron chi connectivity index (χ0n) is 13.3. The highest BCUT2D eigenvalue weighted by Crippen LogP contribution is 2.36. The van der Waals surface area contributed by atoms with E-state index in [-0.39, 0.29) is 6.54 Å². The van der Waals surface area contributed by atoms with Gasteiger partial charge in [0.1, 0.15) is 0 Å². The van der Waals surface area contributed by atoms with E-state index >= 15 is 0 Å². The van der Waals surface area contributed by atoms with Crippen LogP contribution < -0.4 is 14.9 Å². The normalized spacial score (nSPS) is 20.9. The van der Waals surface area contributed by atoms with Crippen molar-refractivity contribution in [1.29, 1.82) is 0 Å². The number of aromatic nitrogens is 1. The van der Waals surface area contributed by atoms with E-state index in [9.17, 15) is 8.76 Å². The van der Waals surface area contributed by atoms with Crippen LogP contribution >= 0.6 is 0 Å². The molecule has 1 saturated heterocycles. The molecule has 1 fully saturated rings. The minimum Gasteiger partial charge on any atom is -0.760 e. The van der Waals surface area contributed by atoms with Gasteiger partial charge in [-0.25, -0.2) is 9.71 Å². The Bertz CT molecular complexity index is 566. The minimum absolute atomic E-state index is 0.0830. The molecule has 1 aliphatic rings. The molecule has 1 unspecified atom stereocenters. The number of ether oxygens (including phenoxy) is 1. The van der Waals surface area contributed by atoms with Crippen LogP contribution in [0.15, 0.2) is 12.3 Å². The number of nitrogens with zero attached hydrogens (tertiary/aromatic N) is 1. The smallest absolute Gasteiger partial charge is 0.496 e. The van der Waals surface area contributed by atoms with Gasteiger partial charge in [0.15, 0.2) is 0 Å². The Hall–Kier alpha value is -0.995. The molecule has 0 saturated carbocycles. The summed E-state index contributed by atoms with van der Waals surface area (Å²) in [7, 11) is 0.925. The third-order valence-corrected chi connectivity index (χ3v) is 4.43. The molecule has 2 heterocycles. The number of hydrogen-bond acceptors (Lipinski definition) is 6. The lowest BCUT2D eigenvalue weighted by molar-refractivity contribution is 0.00578. The predicted molar refractivity (Wildman–Crippen MR) is 82.3 cm³/mol. The van der Waals surface area contributed by atoms with Gasteiger partial charge in [-0.05, 0) is 27.7 Å². The zero-order valence-corrected chi connectivity index (χ0v) is 14.2. The summed E-state index contributed by atoms with van der Waals surface area (Å²) in [4.78, 5) is 4.19. The zero-order chi connectivity index (χ0) is 16.5. The molecule has 2 rings (SSSR count). The average Bonchev–Trinajstić information content (AvgIpc) is 2.64. The largest absolute Gasteiger partial charge is 0.760 e. The van der Waals surface area contributed by atoms with Gasteiger partial charge in [0.2, 0.25) is 5.88 Å². The molecule has 22 heavy (non-hydrogen) atoms. The number of nitrogens with one attached hydrogen (secondary N) is 1. The first-order valence-electron chi connectivity index (χ1n) is 6.87. The van der Waals surface area contributed by atoms with Crippen molar-refractivity contribution < 1.29 is 22.8 Å². The van der Waals surface area contributed by atoms with Crippen molar-refractivity contribution in [2.24, 2.45) is 0 Å². The Kier molecular flexibility index (Phi) is 4.93. The second-order valence-electron chi connectivity index (χ2n) is 6.08. The highest BCUT2D eigenvalue weighted by molar-refractivity contribution is 7.77. The van der Waals surface area contributed by atoms with Gasteiger partial charge in [0.05, 0.1) is 18.3 Å². The van der Waals surface area contributed by atoms with E-state index in [2.05, 4.69) is 9.71 Å². The Balaban J connectivity index is 2.26. The fourth-order valence-corrected chi connectivity index (χ4v) is 2.34. The summed E-state index contributed by atoms with van der Waals surface area (Å²) < 4.78 is 40.7. The fraction of sp³-hybridized carbons (Fsp3) is 0.615. The maximum atomic E-state index is 10.7. The maximum Gasteiger partial charge on any atom is 0.496 e. The van der Waals surface area contributed by atoms with Gasteiger partial charge in [-0.2, -0.15) is 0 Å². The van der Waals surface area contributed by atoms with Crippen LogP contribution in [-0.4, -0.2) is 39.2 Å². The standard InChI is InChI=1S/C13H21BN2O5S/c1-12(2)13(3,4)21-14(20-12)10-6-9(7-16-22(17)18)11(19-5)15-8-10/h6,8,16H,7H2,1-5H3,(H,17,18)/p-1. The first-order chi connectivity index (χ1) is 10.2. The lowest BCUT2D eigenvalue weighted by atomic mass is 9.79. The molecule has 0 bridgehead atoms. The second kappa shape index (κ2) is 6.25. The van der Waals surface area contributed by atoms with E-state index in [0.29, 0.717) is 16.9 Å². The van der Waals surface area contributed by atoms with Gasteiger partial charge in [0.25, 0.3) is 0 Å². The maximum absolute atomic E-state index is 10.7. The first kappa shape index (κ1) is 17.4. The molecule has 1 atom stereocenters. The fourth-order valence-electron chi connectivity index (χ4n) is 2.07. The molecule has 7 nitrogen and oxygen atoms in total. The summed E-state index contributed by atoms with van der Waals surface area (Å²) in [5.74, 6) is 0.359. The van der Waals surface area contributed by atoms with Gasteiger partial charge < -0.3 is 18.6 Å². The van der Waals surface area contributed by atoms with Crippen LogP contribution in [-0.2, 0) is 27.1 Å². The number of methoxy groups -OCH3 is 1. The van der Waals surface area contributed by atoms with E-state index in [0.717, 1.165) is 0 Å². The van der Waals surface area contributed by atoms with Gasteiger partial charge in [-0.1, -0.05) is 6.07 Å². The van der Waals surface area contributed by atoms with Crippen LogP contribution in [0.4, 0.5) is 0 Å². The van der Waals surface area contributed by atoms with E-state index < -0.39 is 29.6 Å². The minimum atomic E-state index is -2.36. The highest BCUT2D eigenvalue weighted by Gasteiger charge is 2.51. The second-order valence-corrected chi connectivity index (χ2v) is 6.84. The summed E-state index contributed by atoms with van der Waals surface area (Å²) in [6.07, 6.45) is 1.61. The monoisotopic (exact) mass is 327 g/mol. The van der Waals surface area contributed by atoms with E-state index in [1.807, 2.05) is 27.7 Å². The van der Waals surface area contributed by atoms with Crippen LogP contribution in [0.25, 0.3) is 0 Å². The first-order valence-corrected chi connectivity index (χ1v) is 7.95. The molecule has 1 N–H and O–H groups in total. The Morgan fingerprint density at radius 1 is 1.36 bits per heavy atom. The third kappa shape index (κ3) is 3.49. The van der Waals surface area contributed by atoms with Crippen molar-refractivity contribution >= 4 is 23.8 Å². The molecule has 0 spiro atoms. The number of rotatable bonds is 5. The molecule has 122 valence electrons. The summed E-state index contributed by atoms with van der Waals surface area (Å²) in [6.45, 7) is 7.94. The molecule has 1 aliphatic heterocycles. The molecular formula is C13H20BN2O5S-. The molecule has 1 aromatic heterocycles. The number of hydrogen-bond donors (Lipinski definition) is 1. The summed E-state index contributed by atoms with van der Waals surface area (Å²) >= 11 is -2.36. The van der Waals surface area contributed by atoms with Crippen molar-refractivity contribution in [2.45, 2.75) is 45.4 Å². The quantitative estimate of drug-likeness (QED) is 0.617. The highest BCUT2D eigenvalue weighted by atomic mass is 32.2.